The van der Waals surface area contributed by atoms with Crippen molar-refractivity contribution in [3.05, 3.63) is 12.3 Å². The van der Waals surface area contributed by atoms with E-state index in [0.717, 1.165) is 38.5 Å². The zero-order valence-electron chi connectivity index (χ0n) is 15.3. The molecule has 3 fully saturated rings. The highest BCUT2D eigenvalue weighted by Crippen LogP contribution is 2.32. The molecule has 138 valence electrons. The van der Waals surface area contributed by atoms with Gasteiger partial charge in [0.1, 0.15) is 0 Å². The van der Waals surface area contributed by atoms with Crippen LogP contribution in [0.15, 0.2) is 12.3 Å². The van der Waals surface area contributed by atoms with E-state index in [9.17, 15) is 0 Å². The van der Waals surface area contributed by atoms with E-state index >= 15 is 0 Å². The lowest BCUT2D eigenvalue weighted by molar-refractivity contribution is -0.0319. The minimum atomic E-state index is -2.77. The van der Waals surface area contributed by atoms with E-state index in [2.05, 4.69) is 6.58 Å². The number of hydrogen-bond donors (Lipinski definition) is 0. The van der Waals surface area contributed by atoms with Gasteiger partial charge in [-0.2, -0.15) is 0 Å². The largest absolute Gasteiger partial charge is 0.529 e. The second-order valence-corrected chi connectivity index (χ2v) is 10.3. The highest BCUT2D eigenvalue weighted by molar-refractivity contribution is 6.66. The fraction of sp³-hybridized carbons (Fsp3) is 0.900. The maximum Gasteiger partial charge on any atom is 0.529 e. The predicted molar refractivity (Wildman–Crippen MR) is 99.8 cm³/mol. The highest BCUT2D eigenvalue weighted by atomic mass is 28.4. The topological polar surface area (TPSA) is 27.7 Å². The normalized spacial score (nSPS) is 25.7. The van der Waals surface area contributed by atoms with Gasteiger partial charge in [-0.1, -0.05) is 64.4 Å². The van der Waals surface area contributed by atoms with Crippen LogP contribution in [0, 0.1) is 0 Å². The molecule has 0 atom stereocenters. The molecule has 3 rings (SSSR count). The Labute approximate surface area is 149 Å². The van der Waals surface area contributed by atoms with Gasteiger partial charge >= 0.3 is 8.80 Å². The van der Waals surface area contributed by atoms with Crippen LogP contribution in [0.2, 0.25) is 0 Å². The second kappa shape index (κ2) is 9.51. The third-order valence-electron chi connectivity index (χ3n) is 5.90. The van der Waals surface area contributed by atoms with Crippen LogP contribution in [-0.2, 0) is 13.3 Å². The molecule has 0 radical (unpaired) electrons. The molecule has 0 spiro atoms. The summed E-state index contributed by atoms with van der Waals surface area (Å²) in [5.41, 5.74) is 1.94. The summed E-state index contributed by atoms with van der Waals surface area (Å²) in [5.74, 6) is 0. The zero-order valence-corrected chi connectivity index (χ0v) is 16.3. The maximum absolute atomic E-state index is 6.61. The Hall–Kier alpha value is -0.163. The van der Waals surface area contributed by atoms with Crippen molar-refractivity contribution in [2.45, 2.75) is 115 Å². The summed E-state index contributed by atoms with van der Waals surface area (Å²) in [4.78, 5) is 0. The monoisotopic (exact) mass is 352 g/mol. The van der Waals surface area contributed by atoms with Crippen LogP contribution in [-0.4, -0.2) is 27.1 Å². The standard InChI is InChI=1S/C20H36O3Si/c1-2-24(21-18-12-6-3-7-13-18,22-19-14-8-4-9-15-19)23-20-16-10-5-11-17-20/h2,18-20H,1,3-17H2. The van der Waals surface area contributed by atoms with Gasteiger partial charge in [-0.05, 0) is 44.2 Å². The van der Waals surface area contributed by atoms with E-state index in [0.29, 0.717) is 18.3 Å². The van der Waals surface area contributed by atoms with Crippen molar-refractivity contribution in [2.24, 2.45) is 0 Å². The minimum absolute atomic E-state index is 0.315. The lowest BCUT2D eigenvalue weighted by atomic mass is 9.98. The van der Waals surface area contributed by atoms with Crippen molar-refractivity contribution in [1.82, 2.24) is 0 Å². The Morgan fingerprint density at radius 1 is 0.542 bits per heavy atom. The molecular formula is C20H36O3Si. The summed E-state index contributed by atoms with van der Waals surface area (Å²) in [6, 6.07) is 0. The molecule has 0 unspecified atom stereocenters. The fourth-order valence-corrected chi connectivity index (χ4v) is 7.03. The fourth-order valence-electron chi connectivity index (χ4n) is 4.47. The van der Waals surface area contributed by atoms with E-state index in [-0.39, 0.29) is 0 Å². The van der Waals surface area contributed by atoms with Crippen LogP contribution >= 0.6 is 0 Å². The van der Waals surface area contributed by atoms with Crippen molar-refractivity contribution in [3.8, 4) is 0 Å². The Balaban J connectivity index is 1.66. The van der Waals surface area contributed by atoms with Crippen molar-refractivity contribution < 1.29 is 13.3 Å². The average Bonchev–Trinajstić information content (AvgIpc) is 2.64. The van der Waals surface area contributed by atoms with Gasteiger partial charge in [-0.25, -0.2) is 0 Å². The van der Waals surface area contributed by atoms with Gasteiger partial charge < -0.3 is 13.3 Å². The highest BCUT2D eigenvalue weighted by Gasteiger charge is 2.45. The smallest absolute Gasteiger partial charge is 0.367 e. The number of rotatable bonds is 7. The average molecular weight is 353 g/mol. The van der Waals surface area contributed by atoms with Gasteiger partial charge in [0, 0.05) is 18.3 Å². The molecule has 3 nitrogen and oxygen atoms in total. The molecule has 0 heterocycles. The van der Waals surface area contributed by atoms with E-state index in [1.165, 1.54) is 57.8 Å². The van der Waals surface area contributed by atoms with Crippen molar-refractivity contribution in [3.63, 3.8) is 0 Å². The van der Waals surface area contributed by atoms with Crippen LogP contribution in [0.25, 0.3) is 0 Å². The molecule has 0 bridgehead atoms. The molecule has 0 N–H and O–H groups in total. The summed E-state index contributed by atoms with van der Waals surface area (Å²) in [6.45, 7) is 4.12. The first-order valence-corrected chi connectivity index (χ1v) is 12.3. The molecule has 0 amide bonds. The van der Waals surface area contributed by atoms with E-state index in [4.69, 9.17) is 13.3 Å². The lowest BCUT2D eigenvalue weighted by Crippen LogP contribution is -2.52. The van der Waals surface area contributed by atoms with Gasteiger partial charge in [0.2, 0.25) is 0 Å². The van der Waals surface area contributed by atoms with Crippen molar-refractivity contribution in [1.29, 1.82) is 0 Å². The van der Waals surface area contributed by atoms with Crippen LogP contribution in [0.4, 0.5) is 0 Å². The van der Waals surface area contributed by atoms with E-state index < -0.39 is 8.80 Å². The van der Waals surface area contributed by atoms with Crippen LogP contribution in [0.5, 0.6) is 0 Å². The Kier molecular flexibility index (Phi) is 7.38. The molecule has 0 aliphatic heterocycles. The van der Waals surface area contributed by atoms with Crippen molar-refractivity contribution >= 4 is 8.80 Å². The van der Waals surface area contributed by atoms with Gasteiger partial charge in [-0.3, -0.25) is 0 Å². The lowest BCUT2D eigenvalue weighted by Gasteiger charge is -2.39. The van der Waals surface area contributed by atoms with E-state index in [1.807, 2.05) is 5.70 Å². The maximum atomic E-state index is 6.61. The molecule has 0 saturated heterocycles. The van der Waals surface area contributed by atoms with E-state index in [1.54, 1.807) is 0 Å². The molecule has 4 heteroatoms. The summed E-state index contributed by atoms with van der Waals surface area (Å²) in [7, 11) is -2.77. The van der Waals surface area contributed by atoms with Gasteiger partial charge in [-0.15, -0.1) is 0 Å². The molecule has 3 aliphatic carbocycles. The van der Waals surface area contributed by atoms with Crippen LogP contribution in [0.3, 0.4) is 0 Å². The minimum Gasteiger partial charge on any atom is -0.367 e. The van der Waals surface area contributed by atoms with Gasteiger partial charge in [0.25, 0.3) is 0 Å². The van der Waals surface area contributed by atoms with Gasteiger partial charge in [0.15, 0.2) is 0 Å². The molecule has 0 aromatic carbocycles. The Bertz CT molecular complexity index is 319. The quantitative estimate of drug-likeness (QED) is 0.550. The Morgan fingerprint density at radius 2 is 0.833 bits per heavy atom. The SMILES string of the molecule is C=C[Si](OC1CCCCC1)(OC1CCCCC1)OC1CCCCC1. The first kappa shape index (κ1) is 18.6. The molecular weight excluding hydrogens is 316 g/mol. The number of hydrogen-bond acceptors (Lipinski definition) is 3. The summed E-state index contributed by atoms with van der Waals surface area (Å²) in [5, 5.41) is 0. The van der Waals surface area contributed by atoms with Crippen molar-refractivity contribution in [2.75, 3.05) is 0 Å². The molecule has 0 aromatic rings. The second-order valence-electron chi connectivity index (χ2n) is 7.94. The van der Waals surface area contributed by atoms with Crippen LogP contribution < -0.4 is 0 Å². The first-order valence-electron chi connectivity index (χ1n) is 10.5. The summed E-state index contributed by atoms with van der Waals surface area (Å²) >= 11 is 0. The third-order valence-corrected chi connectivity index (χ3v) is 8.38. The van der Waals surface area contributed by atoms with Crippen LogP contribution in [0.1, 0.15) is 96.3 Å². The Morgan fingerprint density at radius 3 is 1.08 bits per heavy atom. The predicted octanol–water partition coefficient (Wildman–Crippen LogP) is 5.70. The molecule has 3 saturated carbocycles. The van der Waals surface area contributed by atoms with Gasteiger partial charge in [0.05, 0.1) is 0 Å². The molecule has 24 heavy (non-hydrogen) atoms. The molecule has 3 aliphatic rings. The third kappa shape index (κ3) is 5.42. The summed E-state index contributed by atoms with van der Waals surface area (Å²) < 4.78 is 19.8. The molecule has 0 aromatic heterocycles. The summed E-state index contributed by atoms with van der Waals surface area (Å²) in [6.07, 6.45) is 19.6. The first-order chi connectivity index (χ1) is 11.8. The zero-order chi connectivity index (χ0) is 16.7.